The lowest BCUT2D eigenvalue weighted by Gasteiger charge is -2.13. The van der Waals surface area contributed by atoms with Gasteiger partial charge < -0.3 is 4.57 Å². The van der Waals surface area contributed by atoms with Crippen molar-refractivity contribution in [3.05, 3.63) is 194 Å². The second-order valence-corrected chi connectivity index (χ2v) is 13.8. The molecule has 0 amide bonds. The van der Waals surface area contributed by atoms with Gasteiger partial charge in [0, 0.05) is 44.0 Å². The van der Waals surface area contributed by atoms with Gasteiger partial charge in [-0.1, -0.05) is 133 Å². The van der Waals surface area contributed by atoms with E-state index in [0.717, 1.165) is 72.5 Å². The minimum atomic E-state index is 0.936. The molecule has 3 aromatic heterocycles. The zero-order valence-corrected chi connectivity index (χ0v) is 29.3. The van der Waals surface area contributed by atoms with Crippen LogP contribution in [0, 0.1) is 0 Å². The van der Waals surface area contributed by atoms with Crippen molar-refractivity contribution in [1.29, 1.82) is 0 Å². The Hall–Kier alpha value is -7.30. The van der Waals surface area contributed by atoms with Crippen LogP contribution in [0.3, 0.4) is 0 Å². The normalized spacial score (nSPS) is 11.7. The van der Waals surface area contributed by atoms with Gasteiger partial charge in [-0.15, -0.1) is 0 Å². The number of hydrogen-bond acceptors (Lipinski definition) is 2. The first kappa shape index (κ1) is 30.3. The van der Waals surface area contributed by atoms with Crippen LogP contribution in [0.25, 0.3) is 99.7 Å². The molecule has 54 heavy (non-hydrogen) atoms. The standard InChI is InChI=1S/C50H32N4/c1-3-13-36(14-4-1)50-52-45-20-10-12-22-47(45)54(50)38-29-27-34(28-30-38)33-23-25-35(26-24-33)49-43-31-42-40-18-8-11-21-46(40)53(37-15-5-2-6-16-37)48(42)32-41(43)39-17-7-9-19-44(39)51-49/h1-32H. The van der Waals surface area contributed by atoms with Crippen molar-refractivity contribution in [2.45, 2.75) is 0 Å². The maximum atomic E-state index is 5.31. The van der Waals surface area contributed by atoms with Gasteiger partial charge in [0.25, 0.3) is 0 Å². The average Bonchev–Trinajstić information content (AvgIpc) is 3.79. The molecule has 0 aliphatic carbocycles. The van der Waals surface area contributed by atoms with Crippen molar-refractivity contribution in [2.75, 3.05) is 0 Å². The molecular weight excluding hydrogens is 657 g/mol. The lowest BCUT2D eigenvalue weighted by Crippen LogP contribution is -1.97. The number of pyridine rings is 1. The highest BCUT2D eigenvalue weighted by Gasteiger charge is 2.18. The third kappa shape index (κ3) is 4.78. The third-order valence-electron chi connectivity index (χ3n) is 10.7. The van der Waals surface area contributed by atoms with Gasteiger partial charge in [0.1, 0.15) is 5.82 Å². The molecule has 0 aliphatic heterocycles. The summed E-state index contributed by atoms with van der Waals surface area (Å²) in [5.74, 6) is 0.936. The van der Waals surface area contributed by atoms with E-state index in [-0.39, 0.29) is 0 Å². The van der Waals surface area contributed by atoms with E-state index < -0.39 is 0 Å². The largest absolute Gasteiger partial charge is 0.309 e. The molecule has 4 heteroatoms. The van der Waals surface area contributed by atoms with Crippen LogP contribution >= 0.6 is 0 Å². The summed E-state index contributed by atoms with van der Waals surface area (Å²) >= 11 is 0. The van der Waals surface area contributed by atoms with Crippen LogP contribution in [0.2, 0.25) is 0 Å². The number of nitrogens with zero attached hydrogens (tertiary/aromatic N) is 4. The van der Waals surface area contributed by atoms with E-state index >= 15 is 0 Å². The number of hydrogen-bond donors (Lipinski definition) is 0. The molecule has 11 aromatic rings. The SMILES string of the molecule is c1ccc(-c2nc3ccccc3n2-c2ccc(-c3ccc(-c4nc5ccccc5c5cc6c(cc45)c4ccccc4n6-c4ccccc4)cc3)cc2)cc1. The molecule has 252 valence electrons. The maximum Gasteiger partial charge on any atom is 0.145 e. The summed E-state index contributed by atoms with van der Waals surface area (Å²) in [6, 6.07) is 69.0. The molecule has 0 spiro atoms. The Morgan fingerprint density at radius 1 is 0.296 bits per heavy atom. The molecule has 4 nitrogen and oxygen atoms in total. The van der Waals surface area contributed by atoms with E-state index in [1.807, 2.05) is 12.1 Å². The zero-order chi connectivity index (χ0) is 35.6. The van der Waals surface area contributed by atoms with Crippen LogP contribution in [0.1, 0.15) is 0 Å². The van der Waals surface area contributed by atoms with Crippen molar-refractivity contribution < 1.29 is 0 Å². The van der Waals surface area contributed by atoms with Crippen LogP contribution < -0.4 is 0 Å². The van der Waals surface area contributed by atoms with E-state index in [0.29, 0.717) is 0 Å². The Morgan fingerprint density at radius 2 is 0.870 bits per heavy atom. The van der Waals surface area contributed by atoms with Gasteiger partial charge in [-0.2, -0.15) is 0 Å². The van der Waals surface area contributed by atoms with Crippen molar-refractivity contribution in [1.82, 2.24) is 19.1 Å². The Kier molecular flexibility index (Phi) is 6.82. The molecule has 11 rings (SSSR count). The molecular formula is C50H32N4. The number of aromatic nitrogens is 4. The van der Waals surface area contributed by atoms with Crippen molar-refractivity contribution in [3.63, 3.8) is 0 Å². The number of fused-ring (bicyclic) bond motifs is 7. The fraction of sp³-hybridized carbons (Fsp3) is 0. The predicted octanol–water partition coefficient (Wildman–Crippen LogP) is 12.8. The highest BCUT2D eigenvalue weighted by atomic mass is 15.1. The van der Waals surface area contributed by atoms with Crippen molar-refractivity contribution >= 4 is 54.5 Å². The summed E-state index contributed by atoms with van der Waals surface area (Å²) in [6.07, 6.45) is 0. The van der Waals surface area contributed by atoms with Crippen LogP contribution in [-0.4, -0.2) is 19.1 Å². The second-order valence-electron chi connectivity index (χ2n) is 13.8. The lowest BCUT2D eigenvalue weighted by atomic mass is 9.96. The van der Waals surface area contributed by atoms with Gasteiger partial charge in [-0.25, -0.2) is 9.97 Å². The number of benzene rings is 8. The predicted molar refractivity (Wildman–Crippen MR) is 225 cm³/mol. The van der Waals surface area contributed by atoms with E-state index in [9.17, 15) is 0 Å². The number of para-hydroxylation sites is 5. The maximum absolute atomic E-state index is 5.31. The zero-order valence-electron chi connectivity index (χ0n) is 29.3. The topological polar surface area (TPSA) is 35.6 Å². The van der Waals surface area contributed by atoms with Crippen LogP contribution in [0.5, 0.6) is 0 Å². The fourth-order valence-electron chi connectivity index (χ4n) is 8.18. The van der Waals surface area contributed by atoms with E-state index in [1.165, 1.54) is 27.2 Å². The number of imidazole rings is 1. The Bertz CT molecular complexity index is 3170. The molecule has 3 heterocycles. The average molecular weight is 689 g/mol. The molecule has 0 aliphatic rings. The highest BCUT2D eigenvalue weighted by Crippen LogP contribution is 2.40. The number of rotatable bonds is 5. The lowest BCUT2D eigenvalue weighted by molar-refractivity contribution is 1.10. The molecule has 0 saturated heterocycles. The first-order valence-corrected chi connectivity index (χ1v) is 18.3. The summed E-state index contributed by atoms with van der Waals surface area (Å²) in [5, 5.41) is 5.95. The van der Waals surface area contributed by atoms with Crippen LogP contribution in [-0.2, 0) is 0 Å². The van der Waals surface area contributed by atoms with Crippen LogP contribution in [0.15, 0.2) is 194 Å². The van der Waals surface area contributed by atoms with Gasteiger partial charge in [0.15, 0.2) is 0 Å². The first-order valence-electron chi connectivity index (χ1n) is 18.3. The van der Waals surface area contributed by atoms with Gasteiger partial charge >= 0.3 is 0 Å². The summed E-state index contributed by atoms with van der Waals surface area (Å²) in [6.45, 7) is 0. The second kappa shape index (κ2) is 12.1. The van der Waals surface area contributed by atoms with E-state index in [1.54, 1.807) is 0 Å². The van der Waals surface area contributed by atoms with Crippen LogP contribution in [0.4, 0.5) is 0 Å². The van der Waals surface area contributed by atoms with Gasteiger partial charge in [0.05, 0.1) is 33.3 Å². The van der Waals surface area contributed by atoms with Gasteiger partial charge in [-0.05, 0) is 77.2 Å². The monoisotopic (exact) mass is 688 g/mol. The summed E-state index contributed by atoms with van der Waals surface area (Å²) in [4.78, 5) is 10.3. The quantitative estimate of drug-likeness (QED) is 0.169. The molecule has 0 radical (unpaired) electrons. The van der Waals surface area contributed by atoms with Crippen molar-refractivity contribution in [2.24, 2.45) is 0 Å². The molecule has 8 aromatic carbocycles. The minimum absolute atomic E-state index is 0.936. The minimum Gasteiger partial charge on any atom is -0.309 e. The molecule has 0 saturated carbocycles. The Morgan fingerprint density at radius 3 is 1.63 bits per heavy atom. The smallest absolute Gasteiger partial charge is 0.145 e. The molecule has 0 atom stereocenters. The Labute approximate surface area is 311 Å². The van der Waals surface area contributed by atoms with E-state index in [4.69, 9.17) is 9.97 Å². The summed E-state index contributed by atoms with van der Waals surface area (Å²) < 4.78 is 4.64. The Balaban J connectivity index is 1.03. The molecule has 0 unspecified atom stereocenters. The molecule has 0 fully saturated rings. The molecule has 0 N–H and O–H groups in total. The first-order chi connectivity index (χ1) is 26.8. The van der Waals surface area contributed by atoms with E-state index in [2.05, 4.69) is 191 Å². The van der Waals surface area contributed by atoms with Crippen molar-refractivity contribution in [3.8, 4) is 45.1 Å². The summed E-state index contributed by atoms with van der Waals surface area (Å²) in [7, 11) is 0. The summed E-state index contributed by atoms with van der Waals surface area (Å²) in [5.41, 5.74) is 13.2. The van der Waals surface area contributed by atoms with Gasteiger partial charge in [0.2, 0.25) is 0 Å². The molecule has 0 bridgehead atoms. The highest BCUT2D eigenvalue weighted by molar-refractivity contribution is 6.20. The van der Waals surface area contributed by atoms with Gasteiger partial charge in [-0.3, -0.25) is 4.57 Å². The fourth-order valence-corrected chi connectivity index (χ4v) is 8.18. The third-order valence-corrected chi connectivity index (χ3v) is 10.7.